The molecule has 3 aliphatic rings. The molecule has 4 heterocycles. The van der Waals surface area contributed by atoms with Crippen molar-refractivity contribution in [3.8, 4) is 0 Å². The van der Waals surface area contributed by atoms with E-state index in [-0.39, 0.29) is 16.8 Å². The third-order valence-electron chi connectivity index (χ3n) is 6.47. The Morgan fingerprint density at radius 3 is 2.58 bits per heavy atom. The summed E-state index contributed by atoms with van der Waals surface area (Å²) < 4.78 is 34.1. The largest absolute Gasteiger partial charge is 0.378 e. The van der Waals surface area contributed by atoms with E-state index in [1.165, 1.54) is 6.08 Å². The van der Waals surface area contributed by atoms with E-state index in [0.717, 1.165) is 62.3 Å². The van der Waals surface area contributed by atoms with Gasteiger partial charge in [-0.2, -0.15) is 4.98 Å². The number of aromatic nitrogens is 3. The summed E-state index contributed by atoms with van der Waals surface area (Å²) in [6.07, 6.45) is 6.98. The summed E-state index contributed by atoms with van der Waals surface area (Å²) in [6, 6.07) is 5.72. The summed E-state index contributed by atoms with van der Waals surface area (Å²) in [5, 5.41) is 0.219. The number of morpholine rings is 1. The van der Waals surface area contributed by atoms with Gasteiger partial charge in [-0.25, -0.2) is 18.6 Å². The van der Waals surface area contributed by atoms with Gasteiger partial charge in [0.15, 0.2) is 5.82 Å². The Balaban J connectivity index is 1.37. The number of anilines is 4. The van der Waals surface area contributed by atoms with Crippen LogP contribution in [-0.4, -0.2) is 77.9 Å². The van der Waals surface area contributed by atoms with Crippen molar-refractivity contribution in [2.45, 2.75) is 12.3 Å². The van der Waals surface area contributed by atoms with E-state index >= 15 is 0 Å². The molecular weight excluding hydrogens is 505 g/mol. The second-order valence-electron chi connectivity index (χ2n) is 8.88. The van der Waals surface area contributed by atoms with Gasteiger partial charge in [0.25, 0.3) is 0 Å². The van der Waals surface area contributed by atoms with Crippen molar-refractivity contribution in [3.63, 3.8) is 0 Å². The molecule has 2 aromatic heterocycles. The van der Waals surface area contributed by atoms with E-state index in [0.29, 0.717) is 25.6 Å². The SMILES string of the molecule is CS(=O)Nc1cccnc1N1CCN(c2cc(C3C=CC(F)=C(Cl)C3)nc(N3CCOCC3)n2)CC1. The number of rotatable bonds is 6. The lowest BCUT2D eigenvalue weighted by molar-refractivity contribution is 0.122. The van der Waals surface area contributed by atoms with Gasteiger partial charge in [-0.1, -0.05) is 17.7 Å². The molecule has 12 heteroatoms. The number of nitrogens with zero attached hydrogens (tertiary/aromatic N) is 6. The molecule has 0 spiro atoms. The van der Waals surface area contributed by atoms with Gasteiger partial charge in [-0.05, 0) is 24.6 Å². The molecule has 0 bridgehead atoms. The quantitative estimate of drug-likeness (QED) is 0.606. The summed E-state index contributed by atoms with van der Waals surface area (Å²) in [4.78, 5) is 20.9. The molecule has 2 saturated heterocycles. The van der Waals surface area contributed by atoms with E-state index < -0.39 is 11.0 Å². The zero-order valence-corrected chi connectivity index (χ0v) is 21.6. The van der Waals surface area contributed by atoms with Crippen LogP contribution in [0.1, 0.15) is 18.0 Å². The predicted molar refractivity (Wildman–Crippen MR) is 142 cm³/mol. The fraction of sp³-hybridized carbons (Fsp3) is 0.458. The number of allylic oxidation sites excluding steroid dienone is 4. The maximum absolute atomic E-state index is 13.8. The fourth-order valence-electron chi connectivity index (χ4n) is 4.58. The van der Waals surface area contributed by atoms with Gasteiger partial charge in [-0.15, -0.1) is 0 Å². The first-order valence-electron chi connectivity index (χ1n) is 12.0. The van der Waals surface area contributed by atoms with E-state index in [9.17, 15) is 8.60 Å². The van der Waals surface area contributed by atoms with Crippen molar-refractivity contribution in [2.24, 2.45) is 0 Å². The van der Waals surface area contributed by atoms with Gasteiger partial charge in [0.05, 0.1) is 29.6 Å². The first-order chi connectivity index (χ1) is 17.5. The van der Waals surface area contributed by atoms with Gasteiger partial charge < -0.3 is 24.2 Å². The molecule has 2 atom stereocenters. The Morgan fingerprint density at radius 1 is 1.11 bits per heavy atom. The normalized spacial score (nSPS) is 21.6. The molecule has 2 aromatic rings. The van der Waals surface area contributed by atoms with Gasteiger partial charge >= 0.3 is 0 Å². The molecule has 5 rings (SSSR count). The van der Waals surface area contributed by atoms with Crippen molar-refractivity contribution in [2.75, 3.05) is 78.2 Å². The van der Waals surface area contributed by atoms with Crippen molar-refractivity contribution < 1.29 is 13.3 Å². The average Bonchev–Trinajstić information content (AvgIpc) is 2.90. The molecule has 2 fully saturated rings. The highest BCUT2D eigenvalue weighted by Gasteiger charge is 2.26. The highest BCUT2D eigenvalue weighted by molar-refractivity contribution is 7.85. The zero-order valence-electron chi connectivity index (χ0n) is 20.1. The summed E-state index contributed by atoms with van der Waals surface area (Å²) in [5.74, 6) is 1.79. The molecule has 0 amide bonds. The third kappa shape index (κ3) is 5.63. The van der Waals surface area contributed by atoms with Crippen LogP contribution in [0.5, 0.6) is 0 Å². The lowest BCUT2D eigenvalue weighted by Gasteiger charge is -2.37. The van der Waals surface area contributed by atoms with Gasteiger partial charge in [0.1, 0.15) is 22.6 Å². The van der Waals surface area contributed by atoms with Gasteiger partial charge in [-0.3, -0.25) is 0 Å². The minimum Gasteiger partial charge on any atom is -0.378 e. The minimum absolute atomic E-state index is 0.114. The molecule has 0 aromatic carbocycles. The van der Waals surface area contributed by atoms with E-state index in [1.54, 1.807) is 12.5 Å². The van der Waals surface area contributed by atoms with Crippen molar-refractivity contribution >= 4 is 45.9 Å². The Hall–Kier alpha value is -2.76. The second-order valence-corrected chi connectivity index (χ2v) is 10.4. The Labute approximate surface area is 217 Å². The Bertz CT molecular complexity index is 1180. The van der Waals surface area contributed by atoms with Gasteiger partial charge in [0, 0.05) is 63.7 Å². The number of hydrogen-bond donors (Lipinski definition) is 1. The van der Waals surface area contributed by atoms with E-state index in [2.05, 4.69) is 24.4 Å². The number of ether oxygens (including phenoxy) is 1. The predicted octanol–water partition coefficient (Wildman–Crippen LogP) is 3.20. The van der Waals surface area contributed by atoms with Crippen molar-refractivity contribution in [3.05, 3.63) is 53.1 Å². The fourth-order valence-corrected chi connectivity index (χ4v) is 5.28. The Kier molecular flexibility index (Phi) is 7.68. The number of hydrogen-bond acceptors (Lipinski definition) is 8. The van der Waals surface area contributed by atoms with Gasteiger partial charge in [0.2, 0.25) is 5.95 Å². The summed E-state index contributed by atoms with van der Waals surface area (Å²) in [6.45, 7) is 5.65. The molecule has 192 valence electrons. The molecule has 2 aliphatic heterocycles. The van der Waals surface area contributed by atoms with Crippen LogP contribution < -0.4 is 19.4 Å². The molecule has 36 heavy (non-hydrogen) atoms. The highest BCUT2D eigenvalue weighted by Crippen LogP contribution is 2.35. The molecule has 9 nitrogen and oxygen atoms in total. The van der Waals surface area contributed by atoms with Crippen molar-refractivity contribution in [1.29, 1.82) is 0 Å². The van der Waals surface area contributed by atoms with Crippen LogP contribution in [0.3, 0.4) is 0 Å². The first kappa shape index (κ1) is 24.9. The monoisotopic (exact) mass is 533 g/mol. The highest BCUT2D eigenvalue weighted by atomic mass is 35.5. The molecule has 0 saturated carbocycles. The maximum atomic E-state index is 13.8. The number of nitrogens with one attached hydrogen (secondary N) is 1. The average molecular weight is 534 g/mol. The molecule has 1 N–H and O–H groups in total. The first-order valence-corrected chi connectivity index (χ1v) is 13.9. The third-order valence-corrected chi connectivity index (χ3v) is 7.31. The van der Waals surface area contributed by atoms with Crippen LogP contribution >= 0.6 is 11.6 Å². The summed E-state index contributed by atoms with van der Waals surface area (Å²) in [5.41, 5.74) is 1.58. The molecule has 1 aliphatic carbocycles. The van der Waals surface area contributed by atoms with E-state index in [4.69, 9.17) is 26.3 Å². The lowest BCUT2D eigenvalue weighted by atomic mass is 9.96. The summed E-state index contributed by atoms with van der Waals surface area (Å²) >= 11 is 6.14. The molecular formula is C24H29ClFN7O2S. The van der Waals surface area contributed by atoms with Crippen LogP contribution in [0.15, 0.2) is 47.4 Å². The zero-order chi connectivity index (χ0) is 25.1. The number of piperazine rings is 1. The van der Waals surface area contributed by atoms with Crippen LogP contribution in [0.25, 0.3) is 0 Å². The van der Waals surface area contributed by atoms with Crippen LogP contribution in [-0.2, 0) is 15.7 Å². The lowest BCUT2D eigenvalue weighted by Crippen LogP contribution is -2.47. The van der Waals surface area contributed by atoms with Crippen LogP contribution in [0.4, 0.5) is 27.7 Å². The number of halogens is 2. The smallest absolute Gasteiger partial charge is 0.227 e. The molecule has 2 unspecified atom stereocenters. The Morgan fingerprint density at radius 2 is 1.86 bits per heavy atom. The summed E-state index contributed by atoms with van der Waals surface area (Å²) in [7, 11) is -1.18. The van der Waals surface area contributed by atoms with Crippen molar-refractivity contribution in [1.82, 2.24) is 15.0 Å². The van der Waals surface area contributed by atoms with Crippen LogP contribution in [0.2, 0.25) is 0 Å². The van der Waals surface area contributed by atoms with Crippen LogP contribution in [0, 0.1) is 0 Å². The second kappa shape index (κ2) is 11.1. The standard InChI is InChI=1S/C24H29ClFN7O2S/c1-36(34)30-20-3-2-6-27-23(20)32-9-7-31(8-10-32)22-16-21(17-4-5-19(26)18(25)15-17)28-24(29-22)33-11-13-35-14-12-33/h2-6,16-17,30H,7-15H2,1H3. The number of pyridine rings is 1. The maximum Gasteiger partial charge on any atom is 0.227 e. The minimum atomic E-state index is -1.18. The van der Waals surface area contributed by atoms with E-state index in [1.807, 2.05) is 24.3 Å². The molecule has 0 radical (unpaired) electrons. The topological polar surface area (TPSA) is 86.7 Å².